The third-order valence-electron chi connectivity index (χ3n) is 2.36. The Balaban J connectivity index is 2.44. The predicted octanol–water partition coefficient (Wildman–Crippen LogP) is 3.54. The fraction of sp³-hybridized carbons (Fsp3) is 0.167. The second-order valence-corrected chi connectivity index (χ2v) is 4.21. The molecule has 88 valence electrons. The fourth-order valence-corrected chi connectivity index (χ4v) is 1.89. The molecule has 2 rings (SSSR count). The van der Waals surface area contributed by atoms with Crippen molar-refractivity contribution in [1.82, 2.24) is 9.97 Å². The van der Waals surface area contributed by atoms with E-state index < -0.39 is 0 Å². The first kappa shape index (κ1) is 12.0. The average Bonchev–Trinajstić information content (AvgIpc) is 2.33. The van der Waals surface area contributed by atoms with Crippen LogP contribution in [-0.2, 0) is 0 Å². The van der Waals surface area contributed by atoms with E-state index in [1.54, 1.807) is 29.2 Å². The van der Waals surface area contributed by atoms with E-state index in [1.165, 1.54) is 12.4 Å². The molecule has 0 aliphatic carbocycles. The van der Waals surface area contributed by atoms with Crippen molar-refractivity contribution >= 4 is 27.4 Å². The summed E-state index contributed by atoms with van der Waals surface area (Å²) < 4.78 is 14.4. The minimum atomic E-state index is -0.260. The monoisotopic (exact) mass is 295 g/mol. The van der Waals surface area contributed by atoms with Crippen molar-refractivity contribution in [1.29, 1.82) is 0 Å². The summed E-state index contributed by atoms with van der Waals surface area (Å²) >= 11 is 3.28. The number of rotatable bonds is 3. The number of benzene rings is 1. The maximum absolute atomic E-state index is 13.7. The van der Waals surface area contributed by atoms with Crippen LogP contribution in [0.1, 0.15) is 6.92 Å². The summed E-state index contributed by atoms with van der Waals surface area (Å²) in [6, 6.07) is 8.40. The van der Waals surface area contributed by atoms with Gasteiger partial charge in [-0.3, -0.25) is 0 Å². The van der Waals surface area contributed by atoms with Gasteiger partial charge in [0.15, 0.2) is 0 Å². The zero-order valence-electron chi connectivity index (χ0n) is 9.27. The number of hydrogen-bond acceptors (Lipinski definition) is 3. The molecule has 5 heteroatoms. The van der Waals surface area contributed by atoms with Gasteiger partial charge >= 0.3 is 0 Å². The van der Waals surface area contributed by atoms with Gasteiger partial charge in [0.2, 0.25) is 0 Å². The number of nitrogens with zero attached hydrogens (tertiary/aromatic N) is 3. The van der Waals surface area contributed by atoms with Gasteiger partial charge in [-0.2, -0.15) is 0 Å². The largest absolute Gasteiger partial charge is 0.324 e. The van der Waals surface area contributed by atoms with Crippen molar-refractivity contribution in [3.63, 3.8) is 0 Å². The normalized spacial score (nSPS) is 10.3. The van der Waals surface area contributed by atoms with Gasteiger partial charge in [0.25, 0.3) is 0 Å². The Bertz CT molecular complexity index is 519. The average molecular weight is 296 g/mol. The summed E-state index contributed by atoms with van der Waals surface area (Å²) in [4.78, 5) is 9.90. The highest BCUT2D eigenvalue weighted by Gasteiger charge is 2.12. The van der Waals surface area contributed by atoms with E-state index in [4.69, 9.17) is 0 Å². The number of aromatic nitrogens is 2. The third kappa shape index (κ3) is 2.61. The molecule has 0 aliphatic rings. The van der Waals surface area contributed by atoms with E-state index in [0.717, 1.165) is 0 Å². The molecule has 0 bridgehead atoms. The minimum absolute atomic E-state index is 0.260. The van der Waals surface area contributed by atoms with Gasteiger partial charge in [0, 0.05) is 12.6 Å². The first-order valence-corrected chi connectivity index (χ1v) is 6.01. The van der Waals surface area contributed by atoms with Crippen LogP contribution in [0.2, 0.25) is 0 Å². The second-order valence-electron chi connectivity index (χ2n) is 3.39. The van der Waals surface area contributed by atoms with Gasteiger partial charge in [-0.15, -0.1) is 0 Å². The third-order valence-corrected chi connectivity index (χ3v) is 2.79. The van der Waals surface area contributed by atoms with Crippen molar-refractivity contribution in [3.8, 4) is 0 Å². The fourth-order valence-electron chi connectivity index (χ4n) is 1.60. The molecule has 0 N–H and O–H groups in total. The van der Waals surface area contributed by atoms with Crippen molar-refractivity contribution < 1.29 is 4.39 Å². The first-order chi connectivity index (χ1) is 8.22. The topological polar surface area (TPSA) is 29.0 Å². The van der Waals surface area contributed by atoms with Gasteiger partial charge in [0.05, 0.1) is 5.69 Å². The smallest absolute Gasteiger partial charge is 0.146 e. The molecule has 0 radical (unpaired) electrons. The predicted molar refractivity (Wildman–Crippen MR) is 68.8 cm³/mol. The zero-order valence-corrected chi connectivity index (χ0v) is 10.9. The number of para-hydroxylation sites is 1. The van der Waals surface area contributed by atoms with Gasteiger partial charge in [-0.05, 0) is 35.0 Å². The maximum Gasteiger partial charge on any atom is 0.146 e. The second kappa shape index (κ2) is 5.23. The SMILES string of the molecule is CCN(c1cc(Br)ncn1)c1ccccc1F. The minimum Gasteiger partial charge on any atom is -0.324 e. The molecule has 1 heterocycles. The lowest BCUT2D eigenvalue weighted by Gasteiger charge is -2.22. The number of anilines is 2. The summed E-state index contributed by atoms with van der Waals surface area (Å²) in [5, 5.41) is 0. The Morgan fingerprint density at radius 3 is 2.71 bits per heavy atom. The van der Waals surface area contributed by atoms with E-state index in [2.05, 4.69) is 25.9 Å². The number of hydrogen-bond donors (Lipinski definition) is 0. The number of halogens is 2. The van der Waals surface area contributed by atoms with Gasteiger partial charge in [-0.1, -0.05) is 12.1 Å². The van der Waals surface area contributed by atoms with Crippen LogP contribution in [0, 0.1) is 5.82 Å². The van der Waals surface area contributed by atoms with Gasteiger partial charge in [-0.25, -0.2) is 14.4 Å². The molecular formula is C12H11BrFN3. The lowest BCUT2D eigenvalue weighted by molar-refractivity contribution is 0.625. The molecule has 0 fully saturated rings. The Labute approximate surface area is 107 Å². The molecule has 0 saturated heterocycles. The molecule has 0 unspecified atom stereocenters. The van der Waals surface area contributed by atoms with Crippen LogP contribution >= 0.6 is 15.9 Å². The van der Waals surface area contributed by atoms with Gasteiger partial charge < -0.3 is 4.90 Å². The molecule has 0 atom stereocenters. The molecule has 1 aromatic carbocycles. The molecule has 17 heavy (non-hydrogen) atoms. The van der Waals surface area contributed by atoms with Crippen molar-refractivity contribution in [3.05, 3.63) is 47.1 Å². The van der Waals surface area contributed by atoms with Crippen molar-refractivity contribution in [2.75, 3.05) is 11.4 Å². The maximum atomic E-state index is 13.7. The lowest BCUT2D eigenvalue weighted by Crippen LogP contribution is -2.18. The summed E-state index contributed by atoms with van der Waals surface area (Å²) in [7, 11) is 0. The summed E-state index contributed by atoms with van der Waals surface area (Å²) in [5.41, 5.74) is 0.514. The van der Waals surface area contributed by atoms with E-state index >= 15 is 0 Å². The first-order valence-electron chi connectivity index (χ1n) is 5.22. The Morgan fingerprint density at radius 1 is 1.29 bits per heavy atom. The van der Waals surface area contributed by atoms with E-state index in [0.29, 0.717) is 22.7 Å². The molecule has 3 nitrogen and oxygen atoms in total. The van der Waals surface area contributed by atoms with Crippen LogP contribution in [-0.4, -0.2) is 16.5 Å². The van der Waals surface area contributed by atoms with Crippen LogP contribution in [0.25, 0.3) is 0 Å². The summed E-state index contributed by atoms with van der Waals surface area (Å²) in [6.07, 6.45) is 1.45. The van der Waals surface area contributed by atoms with Crippen LogP contribution in [0.3, 0.4) is 0 Å². The highest BCUT2D eigenvalue weighted by molar-refractivity contribution is 9.10. The van der Waals surface area contributed by atoms with Crippen LogP contribution in [0.4, 0.5) is 15.9 Å². The van der Waals surface area contributed by atoms with E-state index in [-0.39, 0.29) is 5.82 Å². The van der Waals surface area contributed by atoms with Crippen molar-refractivity contribution in [2.45, 2.75) is 6.92 Å². The summed E-state index contributed by atoms with van der Waals surface area (Å²) in [6.45, 7) is 2.58. The zero-order chi connectivity index (χ0) is 12.3. The lowest BCUT2D eigenvalue weighted by atomic mass is 10.2. The molecule has 0 spiro atoms. The van der Waals surface area contributed by atoms with Crippen LogP contribution in [0.15, 0.2) is 41.3 Å². The molecule has 2 aromatic rings. The van der Waals surface area contributed by atoms with Crippen LogP contribution < -0.4 is 4.90 Å². The summed E-state index contributed by atoms with van der Waals surface area (Å²) in [5.74, 6) is 0.406. The Hall–Kier alpha value is -1.49. The molecule has 1 aromatic heterocycles. The van der Waals surface area contributed by atoms with E-state index in [9.17, 15) is 4.39 Å². The molecule has 0 amide bonds. The standard InChI is InChI=1S/C12H11BrFN3/c1-2-17(10-6-4-3-5-9(10)14)12-7-11(13)15-8-16-12/h3-8H,2H2,1H3. The highest BCUT2D eigenvalue weighted by Crippen LogP contribution is 2.26. The quantitative estimate of drug-likeness (QED) is 0.811. The van der Waals surface area contributed by atoms with E-state index in [1.807, 2.05) is 6.92 Å². The molecule has 0 saturated carbocycles. The van der Waals surface area contributed by atoms with Gasteiger partial charge in [0.1, 0.15) is 22.6 Å². The van der Waals surface area contributed by atoms with Crippen molar-refractivity contribution in [2.24, 2.45) is 0 Å². The molecule has 0 aliphatic heterocycles. The Morgan fingerprint density at radius 2 is 2.06 bits per heavy atom. The van der Waals surface area contributed by atoms with Crippen LogP contribution in [0.5, 0.6) is 0 Å². The molecular weight excluding hydrogens is 285 g/mol. The Kier molecular flexibility index (Phi) is 3.68. The highest BCUT2D eigenvalue weighted by atomic mass is 79.9.